The molecule has 3 saturated heterocycles. The van der Waals surface area contributed by atoms with Crippen LogP contribution in [0.5, 0.6) is 0 Å². The van der Waals surface area contributed by atoms with Crippen LogP contribution in [0.3, 0.4) is 0 Å². The number of piperazine rings is 1. The smallest absolute Gasteiger partial charge is 0.131 e. The van der Waals surface area contributed by atoms with Crippen molar-refractivity contribution in [2.75, 3.05) is 6.54 Å². The van der Waals surface area contributed by atoms with Gasteiger partial charge in [0.2, 0.25) is 0 Å². The zero-order valence-corrected chi connectivity index (χ0v) is 18.9. The molecule has 5 heteroatoms. The van der Waals surface area contributed by atoms with Gasteiger partial charge < -0.3 is 15.1 Å². The summed E-state index contributed by atoms with van der Waals surface area (Å²) in [5, 5.41) is 3.32. The number of halogens is 2. The van der Waals surface area contributed by atoms with Gasteiger partial charge in [-0.1, -0.05) is 25.8 Å². The Hall–Kier alpha value is -3.04. The Morgan fingerprint density at radius 2 is 1.97 bits per heavy atom. The summed E-state index contributed by atoms with van der Waals surface area (Å²) in [6, 6.07) is 4.65. The topological polar surface area (TPSA) is 18.5 Å². The van der Waals surface area contributed by atoms with Crippen LogP contribution < -0.4 is 5.32 Å². The van der Waals surface area contributed by atoms with Gasteiger partial charge in [-0.2, -0.15) is 0 Å². The maximum absolute atomic E-state index is 14.2. The van der Waals surface area contributed by atoms with Gasteiger partial charge >= 0.3 is 0 Å². The molecule has 4 heterocycles. The largest absolute Gasteiger partial charge is 0.381 e. The van der Waals surface area contributed by atoms with Gasteiger partial charge in [-0.25, -0.2) is 8.78 Å². The molecule has 33 heavy (non-hydrogen) atoms. The highest BCUT2D eigenvalue weighted by Gasteiger charge is 2.52. The molecule has 0 bridgehead atoms. The second kappa shape index (κ2) is 7.50. The van der Waals surface area contributed by atoms with Gasteiger partial charge in [0, 0.05) is 41.7 Å². The lowest BCUT2D eigenvalue weighted by Gasteiger charge is -2.49. The fraction of sp³-hybridized carbons (Fsp3) is 0.393. The van der Waals surface area contributed by atoms with Crippen molar-refractivity contribution in [2.45, 2.75) is 57.2 Å². The fourth-order valence-electron chi connectivity index (χ4n) is 6.38. The van der Waals surface area contributed by atoms with Crippen LogP contribution in [0, 0.1) is 17.6 Å². The molecular weight excluding hydrogens is 416 g/mol. The van der Waals surface area contributed by atoms with E-state index in [2.05, 4.69) is 40.6 Å². The molecule has 2 unspecified atom stereocenters. The van der Waals surface area contributed by atoms with Crippen molar-refractivity contribution in [3.8, 4) is 0 Å². The standard InChI is InChI=1S/C28H29F2N3/c1-4-22-28-27(18-7-8-18)16(2)26(17(3)31-15-19-9-10-20(29)14-21(19)30)25-12-11-24(33(25)28)23-6-5-13-32(22)23/h9-10,14,18,23-24,31H,1-3,5-8,11-13,15H2. The predicted molar refractivity (Wildman–Crippen MR) is 125 cm³/mol. The van der Waals surface area contributed by atoms with E-state index in [0.29, 0.717) is 23.6 Å². The molecule has 2 atom stereocenters. The molecule has 0 aromatic heterocycles. The fourth-order valence-corrected chi connectivity index (χ4v) is 6.38. The number of rotatable bonds is 5. The molecule has 0 radical (unpaired) electrons. The second-order valence-corrected chi connectivity index (χ2v) is 9.81. The SMILES string of the molecule is C=C=C1C2=C(C3CC3)C(=C)C(C(=C)NCc3ccc(F)cc3F)=C3CCC(C4CCCN14)N32. The lowest BCUT2D eigenvalue weighted by atomic mass is 9.84. The van der Waals surface area contributed by atoms with E-state index in [0.717, 1.165) is 48.0 Å². The average Bonchev–Trinajstić information content (AvgIpc) is 3.33. The lowest BCUT2D eigenvalue weighted by Crippen LogP contribution is -2.52. The molecule has 1 aromatic carbocycles. The van der Waals surface area contributed by atoms with Crippen LogP contribution in [0.4, 0.5) is 8.78 Å². The lowest BCUT2D eigenvalue weighted by molar-refractivity contribution is 0.156. The first kappa shape index (κ1) is 20.6. The number of fused-ring (bicyclic) bond motifs is 2. The van der Waals surface area contributed by atoms with E-state index in [4.69, 9.17) is 0 Å². The molecule has 170 valence electrons. The number of allylic oxidation sites excluding steroid dienone is 3. The zero-order valence-electron chi connectivity index (χ0n) is 18.9. The summed E-state index contributed by atoms with van der Waals surface area (Å²) in [5.74, 6) is -0.605. The van der Waals surface area contributed by atoms with Crippen LogP contribution in [-0.4, -0.2) is 28.4 Å². The third kappa shape index (κ3) is 3.06. The average molecular weight is 446 g/mol. The van der Waals surface area contributed by atoms with Gasteiger partial charge in [0.1, 0.15) is 17.3 Å². The molecule has 0 amide bonds. The maximum Gasteiger partial charge on any atom is 0.131 e. The summed E-state index contributed by atoms with van der Waals surface area (Å²) in [6.07, 6.45) is 6.84. The van der Waals surface area contributed by atoms with Crippen LogP contribution in [0.15, 0.2) is 83.2 Å². The summed E-state index contributed by atoms with van der Waals surface area (Å²) < 4.78 is 27.5. The minimum atomic E-state index is -0.568. The molecular formula is C28H29F2N3. The van der Waals surface area contributed by atoms with Gasteiger partial charge in [0.05, 0.1) is 17.8 Å². The van der Waals surface area contributed by atoms with E-state index in [-0.39, 0.29) is 6.54 Å². The van der Waals surface area contributed by atoms with Crippen molar-refractivity contribution in [1.82, 2.24) is 15.1 Å². The molecule has 1 N–H and O–H groups in total. The number of nitrogens with one attached hydrogen (secondary N) is 1. The first-order valence-corrected chi connectivity index (χ1v) is 12.0. The molecule has 5 aliphatic rings. The van der Waals surface area contributed by atoms with Crippen molar-refractivity contribution in [3.05, 3.63) is 100 Å². The Labute approximate surface area is 194 Å². The maximum atomic E-state index is 14.2. The number of hydrogen-bond acceptors (Lipinski definition) is 3. The van der Waals surface area contributed by atoms with Crippen LogP contribution in [0.2, 0.25) is 0 Å². The van der Waals surface area contributed by atoms with Gasteiger partial charge in [0.25, 0.3) is 0 Å². The quantitative estimate of drug-likeness (QED) is 0.590. The first-order chi connectivity index (χ1) is 16.0. The van der Waals surface area contributed by atoms with Crippen molar-refractivity contribution >= 4 is 0 Å². The minimum absolute atomic E-state index is 0.252. The summed E-state index contributed by atoms with van der Waals surface area (Å²) in [6.45, 7) is 14.3. The van der Waals surface area contributed by atoms with E-state index < -0.39 is 11.6 Å². The molecule has 1 aliphatic carbocycles. The van der Waals surface area contributed by atoms with Crippen molar-refractivity contribution < 1.29 is 8.78 Å². The highest BCUT2D eigenvalue weighted by atomic mass is 19.1. The number of hydrogen-bond donors (Lipinski definition) is 1. The van der Waals surface area contributed by atoms with Crippen LogP contribution in [-0.2, 0) is 6.54 Å². The Balaban J connectivity index is 1.39. The second-order valence-electron chi connectivity index (χ2n) is 9.81. The van der Waals surface area contributed by atoms with Gasteiger partial charge in [-0.15, -0.1) is 5.73 Å². The Kier molecular flexibility index (Phi) is 4.67. The van der Waals surface area contributed by atoms with Crippen molar-refractivity contribution in [1.29, 1.82) is 0 Å². The highest BCUT2D eigenvalue weighted by Crippen LogP contribution is 2.56. The Bertz CT molecular complexity index is 1200. The summed E-state index contributed by atoms with van der Waals surface area (Å²) in [4.78, 5) is 5.10. The third-order valence-electron chi connectivity index (χ3n) is 7.93. The van der Waals surface area contributed by atoms with Gasteiger partial charge in [0.15, 0.2) is 0 Å². The molecule has 0 spiro atoms. The Morgan fingerprint density at radius 1 is 1.15 bits per heavy atom. The van der Waals surface area contributed by atoms with Crippen LogP contribution in [0.1, 0.15) is 44.1 Å². The predicted octanol–water partition coefficient (Wildman–Crippen LogP) is 5.67. The van der Waals surface area contributed by atoms with Crippen molar-refractivity contribution in [3.63, 3.8) is 0 Å². The zero-order chi connectivity index (χ0) is 22.9. The van der Waals surface area contributed by atoms with Crippen molar-refractivity contribution in [2.24, 2.45) is 5.92 Å². The van der Waals surface area contributed by atoms with E-state index in [9.17, 15) is 8.78 Å². The summed E-state index contributed by atoms with van der Waals surface area (Å²) >= 11 is 0. The van der Waals surface area contributed by atoms with E-state index in [1.807, 2.05) is 0 Å². The van der Waals surface area contributed by atoms with Gasteiger partial charge in [-0.3, -0.25) is 0 Å². The highest BCUT2D eigenvalue weighted by molar-refractivity contribution is 5.65. The molecule has 6 rings (SSSR count). The van der Waals surface area contributed by atoms with Crippen LogP contribution in [0.25, 0.3) is 0 Å². The molecule has 1 saturated carbocycles. The molecule has 4 aliphatic heterocycles. The molecule has 4 fully saturated rings. The first-order valence-electron chi connectivity index (χ1n) is 12.0. The monoisotopic (exact) mass is 445 g/mol. The van der Waals surface area contributed by atoms with Gasteiger partial charge in [-0.05, 0) is 61.7 Å². The number of nitrogens with zero attached hydrogens (tertiary/aromatic N) is 2. The van der Waals surface area contributed by atoms with E-state index >= 15 is 0 Å². The Morgan fingerprint density at radius 3 is 2.70 bits per heavy atom. The molecule has 3 nitrogen and oxygen atoms in total. The normalized spacial score (nSPS) is 26.0. The van der Waals surface area contributed by atoms with E-state index in [1.54, 1.807) is 0 Å². The third-order valence-corrected chi connectivity index (χ3v) is 7.93. The van der Waals surface area contributed by atoms with Crippen LogP contribution >= 0.6 is 0 Å². The van der Waals surface area contributed by atoms with E-state index in [1.165, 1.54) is 54.8 Å². The number of benzene rings is 1. The summed E-state index contributed by atoms with van der Waals surface area (Å²) in [5.41, 5.74) is 11.6. The summed E-state index contributed by atoms with van der Waals surface area (Å²) in [7, 11) is 0. The minimum Gasteiger partial charge on any atom is -0.381 e. The molecule has 1 aromatic rings.